The van der Waals surface area contributed by atoms with E-state index >= 15 is 0 Å². The van der Waals surface area contributed by atoms with Crippen molar-refractivity contribution in [1.29, 1.82) is 0 Å². The lowest BCUT2D eigenvalue weighted by Gasteiger charge is -2.19. The summed E-state index contributed by atoms with van der Waals surface area (Å²) in [6.07, 6.45) is 1.92. The Morgan fingerprint density at radius 1 is 1.39 bits per heavy atom. The minimum Gasteiger partial charge on any atom is -0.381 e. The highest BCUT2D eigenvalue weighted by Crippen LogP contribution is 2.28. The Morgan fingerprint density at radius 2 is 2.06 bits per heavy atom. The van der Waals surface area contributed by atoms with E-state index in [4.69, 9.17) is 9.26 Å². The molecule has 1 aromatic heterocycles. The number of rotatable bonds is 2. The van der Waals surface area contributed by atoms with Crippen molar-refractivity contribution in [2.45, 2.75) is 39.5 Å². The molecule has 2 heterocycles. The summed E-state index contributed by atoms with van der Waals surface area (Å²) in [5, 5.41) is 6.77. The van der Waals surface area contributed by atoms with Crippen LogP contribution in [0.1, 0.15) is 45.2 Å². The summed E-state index contributed by atoms with van der Waals surface area (Å²) in [6.45, 7) is 7.11. The maximum Gasteiger partial charge on any atom is 0.232 e. The van der Waals surface area contributed by atoms with Gasteiger partial charge in [0.1, 0.15) is 0 Å². The molecule has 1 aliphatic rings. The fourth-order valence-corrected chi connectivity index (χ4v) is 1.83. The van der Waals surface area contributed by atoms with Crippen LogP contribution in [0.3, 0.4) is 0 Å². The Balaban J connectivity index is 1.99. The van der Waals surface area contributed by atoms with E-state index in [0.717, 1.165) is 31.7 Å². The number of amides is 1. The van der Waals surface area contributed by atoms with Crippen molar-refractivity contribution in [3.63, 3.8) is 0 Å². The lowest BCUT2D eigenvalue weighted by molar-refractivity contribution is -0.123. The molecule has 1 N–H and O–H groups in total. The van der Waals surface area contributed by atoms with Gasteiger partial charge in [-0.3, -0.25) is 10.1 Å². The Morgan fingerprint density at radius 3 is 2.67 bits per heavy atom. The molecule has 2 rings (SSSR count). The normalized spacial score (nSPS) is 17.7. The van der Waals surface area contributed by atoms with Crippen LogP contribution >= 0.6 is 0 Å². The van der Waals surface area contributed by atoms with Crippen LogP contribution in [0.15, 0.2) is 10.6 Å². The van der Waals surface area contributed by atoms with Crippen molar-refractivity contribution in [2.24, 2.45) is 5.41 Å². The minimum absolute atomic E-state index is 0.0721. The molecule has 1 saturated heterocycles. The maximum atomic E-state index is 11.8. The van der Waals surface area contributed by atoms with Crippen LogP contribution in [0.5, 0.6) is 0 Å². The summed E-state index contributed by atoms with van der Waals surface area (Å²) in [4.78, 5) is 11.8. The van der Waals surface area contributed by atoms with Gasteiger partial charge < -0.3 is 9.26 Å². The van der Waals surface area contributed by atoms with Gasteiger partial charge in [-0.05, 0) is 12.8 Å². The van der Waals surface area contributed by atoms with E-state index in [0.29, 0.717) is 11.8 Å². The van der Waals surface area contributed by atoms with Gasteiger partial charge in [-0.15, -0.1) is 0 Å². The molecule has 18 heavy (non-hydrogen) atoms. The molecule has 5 nitrogen and oxygen atoms in total. The predicted molar refractivity (Wildman–Crippen MR) is 67.4 cm³/mol. The second-order valence-corrected chi connectivity index (χ2v) is 5.71. The Bertz CT molecular complexity index is 414. The number of nitrogens with one attached hydrogen (secondary N) is 1. The number of aromatic nitrogens is 1. The monoisotopic (exact) mass is 252 g/mol. The van der Waals surface area contributed by atoms with E-state index in [1.807, 2.05) is 26.8 Å². The first-order valence-electron chi connectivity index (χ1n) is 6.32. The smallest absolute Gasteiger partial charge is 0.232 e. The SMILES string of the molecule is CC(C)(C)C(=O)Nc1cc(C2CCOCC2)no1. The van der Waals surface area contributed by atoms with Gasteiger partial charge in [0.2, 0.25) is 11.8 Å². The number of hydrogen-bond acceptors (Lipinski definition) is 4. The number of carbonyl (C=O) groups is 1. The third-order valence-corrected chi connectivity index (χ3v) is 3.09. The lowest BCUT2D eigenvalue weighted by atomic mass is 9.95. The molecule has 0 atom stereocenters. The second kappa shape index (κ2) is 5.10. The van der Waals surface area contributed by atoms with Gasteiger partial charge in [-0.1, -0.05) is 25.9 Å². The summed E-state index contributed by atoms with van der Waals surface area (Å²) in [6, 6.07) is 1.82. The molecule has 0 aliphatic carbocycles. The molecular weight excluding hydrogens is 232 g/mol. The van der Waals surface area contributed by atoms with Gasteiger partial charge in [0, 0.05) is 30.6 Å². The molecule has 0 saturated carbocycles. The summed E-state index contributed by atoms with van der Waals surface area (Å²) < 4.78 is 10.5. The molecule has 1 amide bonds. The highest BCUT2D eigenvalue weighted by molar-refractivity contribution is 5.93. The maximum absolute atomic E-state index is 11.8. The molecule has 0 radical (unpaired) electrons. The fourth-order valence-electron chi connectivity index (χ4n) is 1.83. The molecule has 0 bridgehead atoms. The van der Waals surface area contributed by atoms with E-state index in [2.05, 4.69) is 10.5 Å². The summed E-state index contributed by atoms with van der Waals surface area (Å²) >= 11 is 0. The molecule has 0 spiro atoms. The lowest BCUT2D eigenvalue weighted by Crippen LogP contribution is -2.27. The van der Waals surface area contributed by atoms with Crippen molar-refractivity contribution in [3.05, 3.63) is 11.8 Å². The molecule has 5 heteroatoms. The fraction of sp³-hybridized carbons (Fsp3) is 0.692. The van der Waals surface area contributed by atoms with Gasteiger partial charge in [-0.2, -0.15) is 0 Å². The van der Waals surface area contributed by atoms with Gasteiger partial charge in [-0.25, -0.2) is 0 Å². The quantitative estimate of drug-likeness (QED) is 0.878. The van der Waals surface area contributed by atoms with Gasteiger partial charge in [0.25, 0.3) is 0 Å². The molecule has 1 aliphatic heterocycles. The number of carbonyl (C=O) groups excluding carboxylic acids is 1. The predicted octanol–water partition coefficient (Wildman–Crippen LogP) is 2.55. The van der Waals surface area contributed by atoms with Crippen molar-refractivity contribution < 1.29 is 14.1 Å². The average molecular weight is 252 g/mol. The van der Waals surface area contributed by atoms with Gasteiger partial charge in [0.05, 0.1) is 5.69 Å². The van der Waals surface area contributed by atoms with Crippen molar-refractivity contribution >= 4 is 11.8 Å². The second-order valence-electron chi connectivity index (χ2n) is 5.71. The van der Waals surface area contributed by atoms with E-state index in [9.17, 15) is 4.79 Å². The van der Waals surface area contributed by atoms with Crippen LogP contribution in [0, 0.1) is 5.41 Å². The van der Waals surface area contributed by atoms with E-state index in [1.165, 1.54) is 0 Å². The molecule has 100 valence electrons. The number of hydrogen-bond donors (Lipinski definition) is 1. The zero-order valence-electron chi connectivity index (χ0n) is 11.2. The number of anilines is 1. The first-order chi connectivity index (χ1) is 8.47. The molecule has 1 fully saturated rings. The first-order valence-corrected chi connectivity index (χ1v) is 6.32. The van der Waals surface area contributed by atoms with Crippen molar-refractivity contribution in [3.8, 4) is 0 Å². The Kier molecular flexibility index (Phi) is 3.71. The van der Waals surface area contributed by atoms with E-state index < -0.39 is 5.41 Å². The molecule has 0 unspecified atom stereocenters. The minimum atomic E-state index is -0.439. The highest BCUT2D eigenvalue weighted by atomic mass is 16.5. The Labute approximate surface area is 107 Å². The summed E-state index contributed by atoms with van der Waals surface area (Å²) in [5.74, 6) is 0.733. The van der Waals surface area contributed by atoms with Crippen LogP contribution < -0.4 is 5.32 Å². The third-order valence-electron chi connectivity index (χ3n) is 3.09. The number of ether oxygens (including phenoxy) is 1. The zero-order chi connectivity index (χ0) is 13.2. The number of nitrogens with zero attached hydrogens (tertiary/aromatic N) is 1. The molecule has 1 aromatic rings. The van der Waals surface area contributed by atoms with Crippen LogP contribution in [-0.4, -0.2) is 24.3 Å². The van der Waals surface area contributed by atoms with E-state index in [1.54, 1.807) is 0 Å². The van der Waals surface area contributed by atoms with Crippen LogP contribution in [0.2, 0.25) is 0 Å². The Hall–Kier alpha value is -1.36. The first kappa shape index (κ1) is 13.1. The van der Waals surface area contributed by atoms with Gasteiger partial charge in [0.15, 0.2) is 0 Å². The van der Waals surface area contributed by atoms with E-state index in [-0.39, 0.29) is 5.91 Å². The highest BCUT2D eigenvalue weighted by Gasteiger charge is 2.24. The largest absolute Gasteiger partial charge is 0.381 e. The van der Waals surface area contributed by atoms with Crippen LogP contribution in [0.25, 0.3) is 0 Å². The van der Waals surface area contributed by atoms with Crippen LogP contribution in [0.4, 0.5) is 5.88 Å². The summed E-state index contributed by atoms with van der Waals surface area (Å²) in [7, 11) is 0. The van der Waals surface area contributed by atoms with Crippen molar-refractivity contribution in [1.82, 2.24) is 5.16 Å². The standard InChI is InChI=1S/C13H20N2O3/c1-13(2,3)12(16)14-11-8-10(15-18-11)9-4-6-17-7-5-9/h8-9H,4-7H2,1-3H3,(H,14,16). The topological polar surface area (TPSA) is 64.4 Å². The molecular formula is C13H20N2O3. The zero-order valence-corrected chi connectivity index (χ0v) is 11.2. The van der Waals surface area contributed by atoms with Crippen LogP contribution in [-0.2, 0) is 9.53 Å². The summed E-state index contributed by atoms with van der Waals surface area (Å²) in [5.41, 5.74) is 0.466. The molecule has 0 aromatic carbocycles. The average Bonchev–Trinajstić information content (AvgIpc) is 2.77. The van der Waals surface area contributed by atoms with Gasteiger partial charge >= 0.3 is 0 Å². The van der Waals surface area contributed by atoms with Crippen molar-refractivity contribution in [2.75, 3.05) is 18.5 Å². The third kappa shape index (κ3) is 3.10.